The molecule has 1 aromatic heterocycles. The molecule has 0 radical (unpaired) electrons. The van der Waals surface area contributed by atoms with Gasteiger partial charge < -0.3 is 38.6 Å². The van der Waals surface area contributed by atoms with Gasteiger partial charge in [-0.05, 0) is 79.9 Å². The molecular formula is C38H45ClN4O11S. The van der Waals surface area contributed by atoms with Crippen molar-refractivity contribution in [1.29, 1.82) is 0 Å². The van der Waals surface area contributed by atoms with Crippen molar-refractivity contribution >= 4 is 39.8 Å². The number of rotatable bonds is 9. The number of carbonyl (C=O) groups is 3. The number of carboxylic acid groups (broad SMARTS) is 2. The predicted octanol–water partition coefficient (Wildman–Crippen LogP) is 5.00. The van der Waals surface area contributed by atoms with Crippen molar-refractivity contribution < 1.29 is 52.0 Å². The molecule has 2 N–H and O–H groups in total. The van der Waals surface area contributed by atoms with E-state index in [2.05, 4.69) is 14.5 Å². The van der Waals surface area contributed by atoms with Crippen LogP contribution in [0.5, 0.6) is 23.0 Å². The summed E-state index contributed by atoms with van der Waals surface area (Å²) in [7, 11) is -0.444. The van der Waals surface area contributed by atoms with Crippen LogP contribution in [0.25, 0.3) is 11.4 Å². The SMILES string of the molecule is COc1ccc2cc1OCCCN(C(=O)c1cccc(S(C)(=O)=O)c1)CCCCN(Cc1cc(Cl)c(OCC(=O)O)c(OC)c1)CCn1ccnc1-2.O=CO. The number of carbonyl (C=O) groups excluding carboxylic acids is 1. The molecule has 0 saturated carbocycles. The van der Waals surface area contributed by atoms with Crippen molar-refractivity contribution in [3.8, 4) is 34.4 Å². The first-order chi connectivity index (χ1) is 26.4. The van der Waals surface area contributed by atoms with Gasteiger partial charge in [-0.3, -0.25) is 14.5 Å². The van der Waals surface area contributed by atoms with Gasteiger partial charge in [-0.25, -0.2) is 18.2 Å². The lowest BCUT2D eigenvalue weighted by atomic mass is 10.1. The summed E-state index contributed by atoms with van der Waals surface area (Å²) in [6.45, 7) is 2.80. The Kier molecular flexibility index (Phi) is 15.7. The average Bonchev–Trinajstić information content (AvgIpc) is 3.63. The van der Waals surface area contributed by atoms with Gasteiger partial charge >= 0.3 is 5.97 Å². The van der Waals surface area contributed by atoms with Gasteiger partial charge in [0.25, 0.3) is 12.4 Å². The molecule has 0 atom stereocenters. The van der Waals surface area contributed by atoms with Crippen molar-refractivity contribution in [2.45, 2.75) is 37.2 Å². The van der Waals surface area contributed by atoms with E-state index >= 15 is 0 Å². The van der Waals surface area contributed by atoms with Crippen LogP contribution in [-0.4, -0.2) is 116 Å². The zero-order chi connectivity index (χ0) is 40.0. The Bertz CT molecular complexity index is 2040. The normalized spacial score (nSPS) is 14.2. The number of amides is 1. The predicted molar refractivity (Wildman–Crippen MR) is 204 cm³/mol. The van der Waals surface area contributed by atoms with Crippen molar-refractivity contribution in [3.63, 3.8) is 0 Å². The Morgan fingerprint density at radius 3 is 2.40 bits per heavy atom. The summed E-state index contributed by atoms with van der Waals surface area (Å²) >= 11 is 6.55. The molecule has 1 amide bonds. The van der Waals surface area contributed by atoms with E-state index in [1.165, 1.54) is 19.2 Å². The van der Waals surface area contributed by atoms with E-state index in [9.17, 15) is 18.0 Å². The molecule has 0 aliphatic carbocycles. The van der Waals surface area contributed by atoms with Crippen LogP contribution in [0.2, 0.25) is 5.02 Å². The first kappa shape index (κ1) is 42.4. The first-order valence-corrected chi connectivity index (χ1v) is 19.6. The number of sulfone groups is 1. The number of benzene rings is 3. The van der Waals surface area contributed by atoms with E-state index in [1.54, 1.807) is 42.5 Å². The number of imidazole rings is 1. The first-order valence-electron chi connectivity index (χ1n) is 17.3. The molecular weight excluding hydrogens is 756 g/mol. The fourth-order valence-corrected chi connectivity index (χ4v) is 6.98. The summed E-state index contributed by atoms with van der Waals surface area (Å²) in [5.74, 6) is 1.02. The summed E-state index contributed by atoms with van der Waals surface area (Å²) < 4.78 is 49.2. The fraction of sp³-hybridized carbons (Fsp3) is 0.368. The third kappa shape index (κ3) is 12.1. The third-order valence-electron chi connectivity index (χ3n) is 8.61. The second kappa shape index (κ2) is 20.4. The smallest absolute Gasteiger partial charge is 0.341 e. The number of aromatic nitrogens is 2. The van der Waals surface area contributed by atoms with Crippen LogP contribution < -0.4 is 18.9 Å². The Hall–Kier alpha value is -5.32. The number of methoxy groups -OCH3 is 2. The second-order valence-electron chi connectivity index (χ2n) is 12.5. The fourth-order valence-electron chi connectivity index (χ4n) is 6.03. The van der Waals surface area contributed by atoms with Crippen LogP contribution in [0, 0.1) is 0 Å². The number of hydrogen-bond acceptors (Lipinski definition) is 11. The third-order valence-corrected chi connectivity index (χ3v) is 10.00. The molecule has 55 heavy (non-hydrogen) atoms. The standard InChI is InChI=1S/C37H43ClN4O9S.CH2O2/c1-48-31-11-10-27-23-32(31)50-19-7-15-42(37(45)28-8-6-9-29(22-28)52(3,46)47)14-5-4-13-40(17-18-41-16-12-39-36(27)41)24-26-20-30(38)35(33(21-26)49-2)51-25-34(43)44;2-1-3/h6,8-12,16,20-23H,4-5,7,13-15,17-19,24-25H2,1-3H3,(H,43,44);1H,(H,2,3). The van der Waals surface area contributed by atoms with E-state index in [4.69, 9.17) is 45.6 Å². The Balaban J connectivity index is 0.00000217. The minimum Gasteiger partial charge on any atom is -0.493 e. The largest absolute Gasteiger partial charge is 0.493 e. The van der Waals surface area contributed by atoms with Gasteiger partial charge in [0.2, 0.25) is 0 Å². The highest BCUT2D eigenvalue weighted by Crippen LogP contribution is 2.37. The highest BCUT2D eigenvalue weighted by atomic mass is 35.5. The van der Waals surface area contributed by atoms with Gasteiger partial charge in [0.15, 0.2) is 39.4 Å². The lowest BCUT2D eigenvalue weighted by Gasteiger charge is -2.26. The molecule has 2 bridgehead atoms. The zero-order valence-electron chi connectivity index (χ0n) is 30.9. The average molecular weight is 801 g/mol. The maximum absolute atomic E-state index is 13.8. The lowest BCUT2D eigenvalue weighted by molar-refractivity contribution is -0.139. The Morgan fingerprint density at radius 1 is 0.964 bits per heavy atom. The maximum Gasteiger partial charge on any atom is 0.341 e. The van der Waals surface area contributed by atoms with E-state index < -0.39 is 22.4 Å². The number of hydrogen-bond donors (Lipinski definition) is 2. The van der Waals surface area contributed by atoms with Crippen molar-refractivity contribution in [2.24, 2.45) is 0 Å². The monoisotopic (exact) mass is 800 g/mol. The van der Waals surface area contributed by atoms with Gasteiger partial charge in [-0.1, -0.05) is 17.7 Å². The molecule has 0 unspecified atom stereocenters. The van der Waals surface area contributed by atoms with E-state index in [0.717, 1.165) is 29.6 Å². The van der Waals surface area contributed by atoms with E-state index in [1.807, 2.05) is 24.4 Å². The van der Waals surface area contributed by atoms with Crippen molar-refractivity contribution in [2.75, 3.05) is 59.9 Å². The van der Waals surface area contributed by atoms with Crippen LogP contribution in [-0.2, 0) is 32.5 Å². The quantitative estimate of drug-likeness (QED) is 0.216. The summed E-state index contributed by atoms with van der Waals surface area (Å²) in [6.07, 6.45) is 6.79. The molecule has 1 aliphatic rings. The van der Waals surface area contributed by atoms with Crippen molar-refractivity contribution in [1.82, 2.24) is 19.4 Å². The van der Waals surface area contributed by atoms with Crippen LogP contribution in [0.4, 0.5) is 0 Å². The number of aliphatic carboxylic acids is 1. The number of nitrogens with zero attached hydrogens (tertiary/aromatic N) is 4. The lowest BCUT2D eigenvalue weighted by Crippen LogP contribution is -2.34. The summed E-state index contributed by atoms with van der Waals surface area (Å²) in [4.78, 5) is 42.0. The number of fused-ring (bicyclic) bond motifs is 4. The van der Waals surface area contributed by atoms with Crippen LogP contribution in [0.15, 0.2) is 71.9 Å². The van der Waals surface area contributed by atoms with Gasteiger partial charge in [-0.2, -0.15) is 0 Å². The molecule has 3 aromatic carbocycles. The number of halogens is 1. The Labute approximate surface area is 324 Å². The second-order valence-corrected chi connectivity index (χ2v) is 14.9. The molecule has 4 aromatic rings. The molecule has 17 heteroatoms. The summed E-state index contributed by atoms with van der Waals surface area (Å²) in [6, 6.07) is 15.3. The van der Waals surface area contributed by atoms with E-state index in [-0.39, 0.29) is 28.0 Å². The van der Waals surface area contributed by atoms with Crippen LogP contribution in [0.3, 0.4) is 0 Å². The topological polar surface area (TPSA) is 187 Å². The van der Waals surface area contributed by atoms with Gasteiger partial charge in [0.05, 0.1) is 30.7 Å². The van der Waals surface area contributed by atoms with Gasteiger partial charge in [-0.15, -0.1) is 0 Å². The van der Waals surface area contributed by atoms with Crippen LogP contribution >= 0.6 is 11.6 Å². The minimum atomic E-state index is -3.50. The molecule has 2 heterocycles. The van der Waals surface area contributed by atoms with Gasteiger partial charge in [0.1, 0.15) is 5.82 Å². The Morgan fingerprint density at radius 2 is 1.69 bits per heavy atom. The molecule has 15 nitrogen and oxygen atoms in total. The van der Waals surface area contributed by atoms with Crippen molar-refractivity contribution in [3.05, 3.63) is 83.1 Å². The molecule has 0 spiro atoms. The summed E-state index contributed by atoms with van der Waals surface area (Å²) in [5.41, 5.74) is 2.01. The maximum atomic E-state index is 13.8. The van der Waals surface area contributed by atoms with Gasteiger partial charge in [0, 0.05) is 62.5 Å². The molecule has 0 saturated heterocycles. The number of carboxylic acids is 1. The molecule has 5 rings (SSSR count). The van der Waals surface area contributed by atoms with Crippen LogP contribution in [0.1, 0.15) is 35.2 Å². The molecule has 0 fully saturated rings. The zero-order valence-corrected chi connectivity index (χ0v) is 32.4. The molecule has 296 valence electrons. The minimum absolute atomic E-state index is 0.0907. The highest BCUT2D eigenvalue weighted by Gasteiger charge is 2.20. The summed E-state index contributed by atoms with van der Waals surface area (Å²) in [5, 5.41) is 16.2. The molecule has 1 aliphatic heterocycles. The highest BCUT2D eigenvalue weighted by molar-refractivity contribution is 7.90. The van der Waals surface area contributed by atoms with E-state index in [0.29, 0.717) is 81.5 Å². The number of ether oxygens (including phenoxy) is 4.